The number of carbonyl (C=O) groups is 1. The fourth-order valence-corrected chi connectivity index (χ4v) is 5.02. The summed E-state index contributed by atoms with van der Waals surface area (Å²) in [6.45, 7) is 10.7. The summed E-state index contributed by atoms with van der Waals surface area (Å²) < 4.78 is 6.38. The summed E-state index contributed by atoms with van der Waals surface area (Å²) in [7, 11) is 1.69. The van der Waals surface area contributed by atoms with Crippen LogP contribution in [0.1, 0.15) is 50.2 Å². The zero-order valence-electron chi connectivity index (χ0n) is 16.9. The predicted molar refractivity (Wildman–Crippen MR) is 102 cm³/mol. The zero-order chi connectivity index (χ0) is 18.0. The predicted octanol–water partition coefficient (Wildman–Crippen LogP) is 3.83. The van der Waals surface area contributed by atoms with Crippen LogP contribution in [-0.2, 0) is 37.5 Å². The van der Waals surface area contributed by atoms with Crippen LogP contribution in [0.3, 0.4) is 0 Å². The maximum Gasteiger partial charge on any atom is 0.285 e. The van der Waals surface area contributed by atoms with Gasteiger partial charge in [0.05, 0.1) is 26.7 Å². The molecule has 5 heteroatoms. The number of aryl methyl sites for hydroxylation is 2. The Labute approximate surface area is 183 Å². The van der Waals surface area contributed by atoms with E-state index in [0.717, 1.165) is 46.6 Å². The molecule has 2 heterocycles. The molecule has 0 N–H and O–H groups in total. The van der Waals surface area contributed by atoms with Crippen molar-refractivity contribution in [2.24, 2.45) is 0 Å². The van der Waals surface area contributed by atoms with Crippen molar-refractivity contribution in [2.75, 3.05) is 38.2 Å². The maximum atomic E-state index is 13.4. The van der Waals surface area contributed by atoms with Crippen molar-refractivity contribution in [2.45, 2.75) is 58.9 Å². The molecule has 0 bridgehead atoms. The van der Waals surface area contributed by atoms with Crippen LogP contribution < -0.4 is 9.64 Å². The fraction of sp³-hybridized carbons (Fsp3) is 0.667. The number of hydrogen-bond donors (Lipinski definition) is 0. The molecule has 1 aromatic rings. The first-order valence-corrected chi connectivity index (χ1v) is 9.85. The number of likely N-dealkylation sites (N-methyl/N-ethyl adjacent to an activating group) is 1. The van der Waals surface area contributed by atoms with Crippen LogP contribution in [0.2, 0.25) is 0 Å². The zero-order valence-corrected chi connectivity index (χ0v) is 19.7. The van der Waals surface area contributed by atoms with Crippen molar-refractivity contribution in [1.29, 1.82) is 0 Å². The van der Waals surface area contributed by atoms with E-state index in [2.05, 4.69) is 25.7 Å². The molecule has 1 unspecified atom stereocenters. The van der Waals surface area contributed by atoms with Crippen LogP contribution >= 0.6 is 0 Å². The molecule has 1 atom stereocenters. The van der Waals surface area contributed by atoms with E-state index in [1.807, 2.05) is 12.1 Å². The van der Waals surface area contributed by atoms with Crippen LogP contribution in [0.5, 0.6) is 5.75 Å². The number of quaternary nitrogens is 1. The molecule has 2 fully saturated rings. The first-order valence-electron chi connectivity index (χ1n) is 9.85. The van der Waals surface area contributed by atoms with E-state index in [9.17, 15) is 4.79 Å². The first-order chi connectivity index (χ1) is 12.0. The second-order valence-corrected chi connectivity index (χ2v) is 7.80. The molecule has 2 saturated heterocycles. The van der Waals surface area contributed by atoms with E-state index in [1.54, 1.807) is 7.11 Å². The molecule has 1 amide bonds. The molecule has 26 heavy (non-hydrogen) atoms. The number of methoxy groups -OCH3 is 1. The molecule has 4 nitrogen and oxygen atoms in total. The van der Waals surface area contributed by atoms with Gasteiger partial charge >= 0.3 is 0 Å². The minimum absolute atomic E-state index is 0. The van der Waals surface area contributed by atoms with Crippen LogP contribution in [0, 0.1) is 13.8 Å². The molecule has 1 aromatic carbocycles. The van der Waals surface area contributed by atoms with Gasteiger partial charge in [-0.2, -0.15) is 0 Å². The Morgan fingerprint density at radius 1 is 1.12 bits per heavy atom. The van der Waals surface area contributed by atoms with Gasteiger partial charge in [-0.3, -0.25) is 4.79 Å². The summed E-state index contributed by atoms with van der Waals surface area (Å²) in [6.07, 6.45) is 6.15. The third-order valence-electron chi connectivity index (χ3n) is 6.40. The van der Waals surface area contributed by atoms with Crippen molar-refractivity contribution < 1.29 is 46.7 Å². The summed E-state index contributed by atoms with van der Waals surface area (Å²) in [5.41, 5.74) is 3.35. The fourth-order valence-electron chi connectivity index (χ4n) is 5.02. The van der Waals surface area contributed by atoms with Crippen LogP contribution in [0.15, 0.2) is 12.1 Å². The molecule has 2 aliphatic heterocycles. The molecule has 1 radical (unpaired) electrons. The minimum atomic E-state index is 0. The maximum absolute atomic E-state index is 13.4. The summed E-state index contributed by atoms with van der Waals surface area (Å²) in [6, 6.07) is 4.22. The minimum Gasteiger partial charge on any atom is -0.497 e. The van der Waals surface area contributed by atoms with Gasteiger partial charge in [0.1, 0.15) is 5.75 Å². The average Bonchev–Trinajstić information content (AvgIpc) is 2.83. The second kappa shape index (κ2) is 9.16. The van der Waals surface area contributed by atoms with E-state index in [1.165, 1.54) is 38.8 Å². The Kier molecular flexibility index (Phi) is 7.70. The van der Waals surface area contributed by atoms with Gasteiger partial charge in [0.2, 0.25) is 0 Å². The topological polar surface area (TPSA) is 29.5 Å². The van der Waals surface area contributed by atoms with E-state index in [-0.39, 0.29) is 38.8 Å². The normalized spacial score (nSPS) is 22.7. The van der Waals surface area contributed by atoms with Crippen molar-refractivity contribution in [3.05, 3.63) is 23.3 Å². The van der Waals surface area contributed by atoms with Gasteiger partial charge in [-0.1, -0.05) is 0 Å². The number of ether oxygens (including phenoxy) is 1. The standard InChI is InChI=1S/C21H33N2O2.Y/c1-5-23(12-8-6-7-9-13-23)19-10-11-22(21(19)24)20-16(2)14-18(25-4)15-17(20)3;/h14-15,19H,5-13H2,1-4H3;/q+1;. The number of benzene rings is 1. The molecule has 141 valence electrons. The quantitative estimate of drug-likeness (QED) is 0.675. The van der Waals surface area contributed by atoms with Gasteiger partial charge in [0, 0.05) is 51.4 Å². The average molecular weight is 434 g/mol. The smallest absolute Gasteiger partial charge is 0.285 e. The van der Waals surface area contributed by atoms with E-state index in [0.29, 0.717) is 5.91 Å². The molecule has 0 spiro atoms. The molecule has 0 saturated carbocycles. The number of nitrogens with zero attached hydrogens (tertiary/aromatic N) is 2. The summed E-state index contributed by atoms with van der Waals surface area (Å²) >= 11 is 0. The number of anilines is 1. The number of carbonyl (C=O) groups excluding carboxylic acids is 1. The number of likely N-dealkylation sites (tertiary alicyclic amines) is 1. The first kappa shape index (κ1) is 21.8. The van der Waals surface area contributed by atoms with E-state index >= 15 is 0 Å². The van der Waals surface area contributed by atoms with Gasteiger partial charge in [-0.15, -0.1) is 0 Å². The third-order valence-corrected chi connectivity index (χ3v) is 6.40. The summed E-state index contributed by atoms with van der Waals surface area (Å²) in [5, 5.41) is 0. The number of amides is 1. The SMILES string of the molecule is CC[N+]1(C2CCN(c3c(C)cc(OC)cc3C)C2=O)CCCCCC1.[Y]. The second-order valence-electron chi connectivity index (χ2n) is 7.80. The molecule has 2 aliphatic rings. The molecular weight excluding hydrogens is 401 g/mol. The van der Waals surface area contributed by atoms with Crippen LogP contribution in [0.4, 0.5) is 5.69 Å². The largest absolute Gasteiger partial charge is 0.497 e. The Bertz CT molecular complexity index is 616. The Hall–Kier alpha value is -0.446. The van der Waals surface area contributed by atoms with Crippen LogP contribution in [0.25, 0.3) is 0 Å². The van der Waals surface area contributed by atoms with Crippen molar-refractivity contribution in [1.82, 2.24) is 0 Å². The summed E-state index contributed by atoms with van der Waals surface area (Å²) in [5.74, 6) is 1.20. The van der Waals surface area contributed by atoms with E-state index < -0.39 is 0 Å². The van der Waals surface area contributed by atoms with Gasteiger partial charge in [0.25, 0.3) is 5.91 Å². The van der Waals surface area contributed by atoms with Gasteiger partial charge in [-0.05, 0) is 69.7 Å². The van der Waals surface area contributed by atoms with Gasteiger partial charge in [-0.25, -0.2) is 0 Å². The van der Waals surface area contributed by atoms with Gasteiger partial charge < -0.3 is 14.1 Å². The molecular formula is C21H33N2O2Y+. The monoisotopic (exact) mass is 434 g/mol. The van der Waals surface area contributed by atoms with Gasteiger partial charge in [0.15, 0.2) is 6.04 Å². The third kappa shape index (κ3) is 4.03. The van der Waals surface area contributed by atoms with Crippen molar-refractivity contribution in [3.8, 4) is 5.75 Å². The Morgan fingerprint density at radius 3 is 2.19 bits per heavy atom. The molecule has 3 rings (SSSR count). The van der Waals surface area contributed by atoms with Crippen LogP contribution in [-0.4, -0.2) is 49.7 Å². The molecule has 0 aliphatic carbocycles. The Balaban J connectivity index is 0.00000243. The van der Waals surface area contributed by atoms with E-state index in [4.69, 9.17) is 4.74 Å². The number of hydrogen-bond acceptors (Lipinski definition) is 2. The molecule has 0 aromatic heterocycles. The number of rotatable bonds is 4. The Morgan fingerprint density at radius 2 is 1.69 bits per heavy atom. The summed E-state index contributed by atoms with van der Waals surface area (Å²) in [4.78, 5) is 15.5. The van der Waals surface area contributed by atoms with Crippen molar-refractivity contribution >= 4 is 11.6 Å². The van der Waals surface area contributed by atoms with Crippen molar-refractivity contribution in [3.63, 3.8) is 0 Å².